The van der Waals surface area contributed by atoms with Crippen molar-refractivity contribution in [3.63, 3.8) is 0 Å². The van der Waals surface area contributed by atoms with E-state index in [-0.39, 0.29) is 24.8 Å². The molecule has 6 nitrogen and oxygen atoms in total. The van der Waals surface area contributed by atoms with Crippen LogP contribution in [0, 0.1) is 6.92 Å². The van der Waals surface area contributed by atoms with Crippen LogP contribution in [0.2, 0.25) is 0 Å². The second kappa shape index (κ2) is 9.06. The Bertz CT molecular complexity index is 1140. The molecule has 1 saturated heterocycles. The number of anilines is 1. The van der Waals surface area contributed by atoms with E-state index in [2.05, 4.69) is 0 Å². The van der Waals surface area contributed by atoms with Crippen molar-refractivity contribution in [1.82, 2.24) is 4.90 Å². The van der Waals surface area contributed by atoms with Crippen molar-refractivity contribution < 1.29 is 19.1 Å². The molecule has 4 rings (SSSR count). The third-order valence-electron chi connectivity index (χ3n) is 5.56. The number of ether oxygens (including phenoxy) is 1. The number of hydrogen-bond donors (Lipinski definition) is 0. The van der Waals surface area contributed by atoms with Crippen molar-refractivity contribution in [2.75, 3.05) is 12.0 Å². The molecule has 1 aliphatic heterocycles. The molecule has 1 aliphatic rings. The van der Waals surface area contributed by atoms with Crippen LogP contribution in [0.3, 0.4) is 0 Å². The number of carbonyl (C=O) groups excluding carboxylic acids is 3. The zero-order valence-corrected chi connectivity index (χ0v) is 18.0. The van der Waals surface area contributed by atoms with Gasteiger partial charge in [-0.3, -0.25) is 14.4 Å². The lowest BCUT2D eigenvalue weighted by atomic mass is 10.1. The SMILES string of the molecule is COc1cccc(C(=O)N(Cc2ccccc2)C2CC(=O)N(c3ccc(C)cc3)C2=O)c1. The number of rotatable bonds is 6. The summed E-state index contributed by atoms with van der Waals surface area (Å²) in [6, 6.07) is 22.6. The Hall–Kier alpha value is -3.93. The molecule has 162 valence electrons. The Morgan fingerprint density at radius 3 is 2.41 bits per heavy atom. The van der Waals surface area contributed by atoms with Gasteiger partial charge in [-0.1, -0.05) is 54.1 Å². The van der Waals surface area contributed by atoms with Gasteiger partial charge in [-0.2, -0.15) is 0 Å². The van der Waals surface area contributed by atoms with Gasteiger partial charge in [-0.05, 0) is 42.8 Å². The number of aryl methyl sites for hydroxylation is 1. The molecule has 0 N–H and O–H groups in total. The van der Waals surface area contributed by atoms with Gasteiger partial charge < -0.3 is 9.64 Å². The van der Waals surface area contributed by atoms with Crippen LogP contribution in [0.4, 0.5) is 5.69 Å². The van der Waals surface area contributed by atoms with Crippen molar-refractivity contribution in [3.05, 3.63) is 95.6 Å². The highest BCUT2D eigenvalue weighted by atomic mass is 16.5. The number of amides is 3. The van der Waals surface area contributed by atoms with Crippen LogP contribution in [0.5, 0.6) is 5.75 Å². The molecule has 6 heteroatoms. The van der Waals surface area contributed by atoms with Crippen molar-refractivity contribution in [3.8, 4) is 5.75 Å². The second-order valence-corrected chi connectivity index (χ2v) is 7.77. The van der Waals surface area contributed by atoms with Crippen LogP contribution in [-0.2, 0) is 16.1 Å². The first-order valence-electron chi connectivity index (χ1n) is 10.4. The van der Waals surface area contributed by atoms with Crippen LogP contribution in [-0.4, -0.2) is 35.8 Å². The molecule has 1 fully saturated rings. The summed E-state index contributed by atoms with van der Waals surface area (Å²) in [6.07, 6.45) is -0.0603. The van der Waals surface area contributed by atoms with Gasteiger partial charge >= 0.3 is 0 Å². The molecule has 0 bridgehead atoms. The molecule has 3 amide bonds. The number of nitrogens with zero attached hydrogens (tertiary/aromatic N) is 2. The lowest BCUT2D eigenvalue weighted by Gasteiger charge is -2.28. The summed E-state index contributed by atoms with van der Waals surface area (Å²) in [5.74, 6) is -0.498. The van der Waals surface area contributed by atoms with E-state index in [1.807, 2.05) is 49.4 Å². The van der Waals surface area contributed by atoms with E-state index < -0.39 is 11.9 Å². The summed E-state index contributed by atoms with van der Waals surface area (Å²) < 4.78 is 5.25. The monoisotopic (exact) mass is 428 g/mol. The van der Waals surface area contributed by atoms with Crippen LogP contribution in [0.15, 0.2) is 78.9 Å². The molecule has 0 saturated carbocycles. The fourth-order valence-electron chi connectivity index (χ4n) is 3.85. The molecule has 0 spiro atoms. The number of methoxy groups -OCH3 is 1. The van der Waals surface area contributed by atoms with E-state index in [1.165, 1.54) is 16.9 Å². The van der Waals surface area contributed by atoms with E-state index in [1.54, 1.807) is 36.4 Å². The minimum absolute atomic E-state index is 0.0603. The minimum Gasteiger partial charge on any atom is -0.497 e. The Balaban J connectivity index is 1.69. The van der Waals surface area contributed by atoms with E-state index in [4.69, 9.17) is 4.74 Å². The van der Waals surface area contributed by atoms with Crippen molar-refractivity contribution >= 4 is 23.4 Å². The van der Waals surface area contributed by atoms with Gasteiger partial charge in [0, 0.05) is 12.1 Å². The first kappa shape index (κ1) is 21.3. The third kappa shape index (κ3) is 4.25. The summed E-state index contributed by atoms with van der Waals surface area (Å²) in [6.45, 7) is 2.15. The van der Waals surface area contributed by atoms with Crippen LogP contribution >= 0.6 is 0 Å². The largest absolute Gasteiger partial charge is 0.497 e. The van der Waals surface area contributed by atoms with Gasteiger partial charge in [0.25, 0.3) is 11.8 Å². The van der Waals surface area contributed by atoms with Gasteiger partial charge in [0.2, 0.25) is 5.91 Å². The number of imide groups is 1. The smallest absolute Gasteiger partial charge is 0.257 e. The highest BCUT2D eigenvalue weighted by Gasteiger charge is 2.44. The number of carbonyl (C=O) groups is 3. The molecular weight excluding hydrogens is 404 g/mol. The fraction of sp³-hybridized carbons (Fsp3) is 0.192. The van der Waals surface area contributed by atoms with Gasteiger partial charge in [0.1, 0.15) is 11.8 Å². The Morgan fingerprint density at radius 1 is 1.00 bits per heavy atom. The van der Waals surface area contributed by atoms with E-state index >= 15 is 0 Å². The second-order valence-electron chi connectivity index (χ2n) is 7.77. The zero-order chi connectivity index (χ0) is 22.7. The van der Waals surface area contributed by atoms with Gasteiger partial charge in [0.05, 0.1) is 19.2 Å². The van der Waals surface area contributed by atoms with Crippen molar-refractivity contribution in [2.45, 2.75) is 25.9 Å². The Labute approximate surface area is 187 Å². The van der Waals surface area contributed by atoms with E-state index in [9.17, 15) is 14.4 Å². The molecule has 1 unspecified atom stereocenters. The van der Waals surface area contributed by atoms with Gasteiger partial charge in [-0.15, -0.1) is 0 Å². The topological polar surface area (TPSA) is 66.9 Å². The van der Waals surface area contributed by atoms with E-state index in [0.29, 0.717) is 17.0 Å². The first-order valence-corrected chi connectivity index (χ1v) is 10.4. The highest BCUT2D eigenvalue weighted by molar-refractivity contribution is 6.23. The van der Waals surface area contributed by atoms with Crippen molar-refractivity contribution in [1.29, 1.82) is 0 Å². The summed E-state index contributed by atoms with van der Waals surface area (Å²) >= 11 is 0. The molecule has 1 atom stereocenters. The maximum atomic E-state index is 13.5. The standard InChI is InChI=1S/C26H24N2O4/c1-18-11-13-21(14-12-18)28-24(29)16-23(26(28)31)27(17-19-7-4-3-5-8-19)25(30)20-9-6-10-22(15-20)32-2/h3-15,23H,16-17H2,1-2H3. The average Bonchev–Trinajstić information content (AvgIpc) is 3.12. The summed E-state index contributed by atoms with van der Waals surface area (Å²) in [5, 5.41) is 0. The normalized spacial score (nSPS) is 15.7. The average molecular weight is 428 g/mol. The fourth-order valence-corrected chi connectivity index (χ4v) is 3.85. The first-order chi connectivity index (χ1) is 15.5. The van der Waals surface area contributed by atoms with Gasteiger partial charge in [0.15, 0.2) is 0 Å². The van der Waals surface area contributed by atoms with Crippen molar-refractivity contribution in [2.24, 2.45) is 0 Å². The molecule has 0 aromatic heterocycles. The molecule has 0 aliphatic carbocycles. The predicted octanol–water partition coefficient (Wildman–Crippen LogP) is 3.98. The van der Waals surface area contributed by atoms with Gasteiger partial charge in [-0.25, -0.2) is 4.90 Å². The third-order valence-corrected chi connectivity index (χ3v) is 5.56. The Morgan fingerprint density at radius 2 is 1.72 bits per heavy atom. The maximum absolute atomic E-state index is 13.5. The molecule has 3 aromatic rings. The quantitative estimate of drug-likeness (QED) is 0.557. The summed E-state index contributed by atoms with van der Waals surface area (Å²) in [7, 11) is 1.53. The minimum atomic E-state index is -0.886. The molecule has 32 heavy (non-hydrogen) atoms. The molecule has 1 heterocycles. The van der Waals surface area contributed by atoms with Crippen LogP contribution in [0.1, 0.15) is 27.9 Å². The summed E-state index contributed by atoms with van der Waals surface area (Å²) in [4.78, 5) is 42.4. The Kier molecular flexibility index (Phi) is 6.03. The van der Waals surface area contributed by atoms with Crippen LogP contribution < -0.4 is 9.64 Å². The highest BCUT2D eigenvalue weighted by Crippen LogP contribution is 2.28. The number of hydrogen-bond acceptors (Lipinski definition) is 4. The molecule has 3 aromatic carbocycles. The maximum Gasteiger partial charge on any atom is 0.257 e. The zero-order valence-electron chi connectivity index (χ0n) is 18.0. The molecular formula is C26H24N2O4. The predicted molar refractivity (Wildman–Crippen MR) is 121 cm³/mol. The number of benzene rings is 3. The van der Waals surface area contributed by atoms with E-state index in [0.717, 1.165) is 11.1 Å². The molecule has 0 radical (unpaired) electrons. The lowest BCUT2D eigenvalue weighted by molar-refractivity contribution is -0.122. The summed E-state index contributed by atoms with van der Waals surface area (Å²) in [5.41, 5.74) is 2.82. The van der Waals surface area contributed by atoms with Crippen LogP contribution in [0.25, 0.3) is 0 Å². The lowest BCUT2D eigenvalue weighted by Crippen LogP contribution is -2.45.